The Labute approximate surface area is 63.2 Å². The van der Waals surface area contributed by atoms with E-state index >= 15 is 0 Å². The molecule has 0 bridgehead atoms. The van der Waals surface area contributed by atoms with Crippen molar-refractivity contribution in [2.24, 2.45) is 0 Å². The van der Waals surface area contributed by atoms with Gasteiger partial charge in [0.1, 0.15) is 0 Å². The number of rotatable bonds is 1. The minimum Gasteiger partial charge on any atom is -0.434 e. The molecule has 1 aliphatic rings. The molecule has 0 aliphatic carbocycles. The van der Waals surface area contributed by atoms with Gasteiger partial charge in [0.2, 0.25) is 6.29 Å². The molecule has 1 aliphatic heterocycles. The average Bonchev–Trinajstić information content (AvgIpc) is 1.98. The highest BCUT2D eigenvalue weighted by Gasteiger charge is 2.42. The first-order chi connectivity index (χ1) is 5.08. The Kier molecular flexibility index (Phi) is 2.12. The summed E-state index contributed by atoms with van der Waals surface area (Å²) in [5, 5.41) is 26.6. The van der Waals surface area contributed by atoms with E-state index in [0.29, 0.717) is 0 Å². The second-order valence-electron chi connectivity index (χ2n) is 2.59. The maximum absolute atomic E-state index is 10.8. The summed E-state index contributed by atoms with van der Waals surface area (Å²) in [6.07, 6.45) is -0.957. The number of aliphatic hydroxyl groups is 3. The number of hydrogen-bond donors (Lipinski definition) is 3. The number of cyclic esters (lactones) is 1. The molecule has 5 nitrogen and oxygen atoms in total. The van der Waals surface area contributed by atoms with Crippen molar-refractivity contribution in [3.05, 3.63) is 0 Å². The fourth-order valence-corrected chi connectivity index (χ4v) is 0.900. The van der Waals surface area contributed by atoms with Crippen molar-refractivity contribution in [2.45, 2.75) is 24.7 Å². The van der Waals surface area contributed by atoms with Crippen LogP contribution in [0.15, 0.2) is 0 Å². The minimum absolute atomic E-state index is 0.0312. The quantitative estimate of drug-likeness (QED) is 0.403. The first-order valence-electron chi connectivity index (χ1n) is 3.31. The minimum atomic E-state index is -1.81. The van der Waals surface area contributed by atoms with E-state index in [1.807, 2.05) is 0 Å². The highest BCUT2D eigenvalue weighted by atomic mass is 16.6. The number of ether oxygens (including phenoxy) is 1. The lowest BCUT2D eigenvalue weighted by atomic mass is 9.96. The molecule has 64 valence electrons. The predicted molar refractivity (Wildman–Crippen MR) is 33.4 cm³/mol. The maximum Gasteiger partial charge on any atom is 0.342 e. The molecule has 2 atom stereocenters. The number of esters is 1. The Bertz CT molecular complexity index is 168. The number of aliphatic hydroxyl groups excluding tert-OH is 2. The molecule has 0 aromatic carbocycles. The van der Waals surface area contributed by atoms with Gasteiger partial charge in [-0.05, 0) is 6.42 Å². The van der Waals surface area contributed by atoms with Crippen molar-refractivity contribution in [2.75, 3.05) is 6.61 Å². The molecule has 5 heteroatoms. The molecular weight excluding hydrogens is 152 g/mol. The largest absolute Gasteiger partial charge is 0.434 e. The summed E-state index contributed by atoms with van der Waals surface area (Å²) < 4.78 is 4.30. The van der Waals surface area contributed by atoms with Crippen molar-refractivity contribution < 1.29 is 24.9 Å². The molecule has 0 aromatic heterocycles. The molecule has 0 amide bonds. The molecule has 11 heavy (non-hydrogen) atoms. The van der Waals surface area contributed by atoms with Crippen LogP contribution in [-0.4, -0.2) is 39.8 Å². The van der Waals surface area contributed by atoms with Crippen LogP contribution in [0.5, 0.6) is 0 Å². The van der Waals surface area contributed by atoms with E-state index in [0.717, 1.165) is 0 Å². The van der Waals surface area contributed by atoms with Crippen LogP contribution in [-0.2, 0) is 9.53 Å². The van der Waals surface area contributed by atoms with Gasteiger partial charge in [-0.25, -0.2) is 4.79 Å². The highest BCUT2D eigenvalue weighted by molar-refractivity contribution is 5.80. The van der Waals surface area contributed by atoms with E-state index in [-0.39, 0.29) is 12.8 Å². The zero-order valence-corrected chi connectivity index (χ0v) is 5.86. The van der Waals surface area contributed by atoms with Gasteiger partial charge in [0.15, 0.2) is 5.60 Å². The predicted octanol–water partition coefficient (Wildman–Crippen LogP) is -1.63. The number of carbonyl (C=O) groups excluding carboxylic acids is 1. The van der Waals surface area contributed by atoms with E-state index in [1.165, 1.54) is 0 Å². The second-order valence-corrected chi connectivity index (χ2v) is 2.59. The summed E-state index contributed by atoms with van der Waals surface area (Å²) in [4.78, 5) is 10.8. The van der Waals surface area contributed by atoms with E-state index < -0.39 is 24.5 Å². The van der Waals surface area contributed by atoms with Crippen molar-refractivity contribution in [1.29, 1.82) is 0 Å². The second kappa shape index (κ2) is 2.77. The number of hydrogen-bond acceptors (Lipinski definition) is 5. The van der Waals surface area contributed by atoms with Gasteiger partial charge in [0.25, 0.3) is 0 Å². The van der Waals surface area contributed by atoms with Gasteiger partial charge in [-0.2, -0.15) is 0 Å². The summed E-state index contributed by atoms with van der Waals surface area (Å²) in [6, 6.07) is 0. The van der Waals surface area contributed by atoms with Gasteiger partial charge >= 0.3 is 5.97 Å². The van der Waals surface area contributed by atoms with Crippen molar-refractivity contribution in [1.82, 2.24) is 0 Å². The van der Waals surface area contributed by atoms with Gasteiger partial charge in [-0.1, -0.05) is 0 Å². The maximum atomic E-state index is 10.8. The van der Waals surface area contributed by atoms with Crippen LogP contribution in [0.2, 0.25) is 0 Å². The van der Waals surface area contributed by atoms with E-state index in [2.05, 4.69) is 4.74 Å². The standard InChI is InChI=1S/C6H10O5/c7-3-6(10)2-1-4(8)11-5(6)9/h4,7-8,10H,1-3H2. The van der Waals surface area contributed by atoms with Gasteiger partial charge < -0.3 is 20.1 Å². The van der Waals surface area contributed by atoms with Crippen molar-refractivity contribution >= 4 is 5.97 Å². The molecule has 1 fully saturated rings. The SMILES string of the molecule is O=C1OC(O)CCC1(O)CO. The first kappa shape index (κ1) is 8.45. The highest BCUT2D eigenvalue weighted by Crippen LogP contribution is 2.22. The van der Waals surface area contributed by atoms with Crippen LogP contribution in [0.1, 0.15) is 12.8 Å². The van der Waals surface area contributed by atoms with E-state index in [1.54, 1.807) is 0 Å². The number of carbonyl (C=O) groups is 1. The lowest BCUT2D eigenvalue weighted by Crippen LogP contribution is -2.49. The van der Waals surface area contributed by atoms with Crippen molar-refractivity contribution in [3.63, 3.8) is 0 Å². The fraction of sp³-hybridized carbons (Fsp3) is 0.833. The van der Waals surface area contributed by atoms with E-state index in [9.17, 15) is 9.90 Å². The lowest BCUT2D eigenvalue weighted by molar-refractivity contribution is -0.210. The molecule has 0 aromatic rings. The van der Waals surface area contributed by atoms with Gasteiger partial charge in [0, 0.05) is 6.42 Å². The summed E-state index contributed by atoms with van der Waals surface area (Å²) >= 11 is 0. The molecule has 0 saturated carbocycles. The summed E-state index contributed by atoms with van der Waals surface area (Å²) in [6.45, 7) is -0.668. The smallest absolute Gasteiger partial charge is 0.342 e. The third kappa shape index (κ3) is 1.50. The molecule has 0 radical (unpaired) electrons. The summed E-state index contributed by atoms with van der Waals surface area (Å²) in [7, 11) is 0. The zero-order valence-electron chi connectivity index (χ0n) is 5.86. The topological polar surface area (TPSA) is 87.0 Å². The monoisotopic (exact) mass is 162 g/mol. The van der Waals surface area contributed by atoms with Crippen LogP contribution in [0.4, 0.5) is 0 Å². The molecule has 1 saturated heterocycles. The Hall–Kier alpha value is -0.650. The van der Waals surface area contributed by atoms with E-state index in [4.69, 9.17) is 10.2 Å². The van der Waals surface area contributed by atoms with Gasteiger partial charge in [-0.15, -0.1) is 0 Å². The zero-order chi connectivity index (χ0) is 8.48. The van der Waals surface area contributed by atoms with Crippen LogP contribution in [0.25, 0.3) is 0 Å². The molecule has 1 rings (SSSR count). The third-order valence-corrected chi connectivity index (χ3v) is 1.69. The van der Waals surface area contributed by atoms with Crippen LogP contribution < -0.4 is 0 Å². The van der Waals surface area contributed by atoms with Gasteiger partial charge in [-0.3, -0.25) is 0 Å². The van der Waals surface area contributed by atoms with Crippen LogP contribution in [0, 0.1) is 0 Å². The molecular formula is C6H10O5. The van der Waals surface area contributed by atoms with Crippen molar-refractivity contribution in [3.8, 4) is 0 Å². The average molecular weight is 162 g/mol. The Morgan fingerprint density at radius 3 is 2.82 bits per heavy atom. The molecule has 1 heterocycles. The molecule has 0 spiro atoms. The molecule has 2 unspecified atom stereocenters. The normalized spacial score (nSPS) is 38.5. The van der Waals surface area contributed by atoms with Crippen LogP contribution >= 0.6 is 0 Å². The fourth-order valence-electron chi connectivity index (χ4n) is 0.900. The molecule has 3 N–H and O–H groups in total. The Morgan fingerprint density at radius 1 is 1.73 bits per heavy atom. The summed E-state index contributed by atoms with van der Waals surface area (Å²) in [5.74, 6) is -0.959. The van der Waals surface area contributed by atoms with Gasteiger partial charge in [0.05, 0.1) is 6.61 Å². The Morgan fingerprint density at radius 2 is 2.36 bits per heavy atom. The lowest BCUT2D eigenvalue weighted by Gasteiger charge is -2.30. The third-order valence-electron chi connectivity index (χ3n) is 1.69. The first-order valence-corrected chi connectivity index (χ1v) is 3.31. The summed E-state index contributed by atoms with van der Waals surface area (Å²) in [5.41, 5.74) is -1.81. The van der Waals surface area contributed by atoms with Crippen LogP contribution in [0.3, 0.4) is 0 Å². The Balaban J connectivity index is 2.64.